The summed E-state index contributed by atoms with van der Waals surface area (Å²) in [4.78, 5) is 0. The molecule has 0 saturated carbocycles. The molecule has 0 spiro atoms. The molecule has 0 fully saturated rings. The van der Waals surface area contributed by atoms with Crippen LogP contribution in [0.25, 0.3) is 66.8 Å². The first-order valence-corrected chi connectivity index (χ1v) is 14.8. The van der Waals surface area contributed by atoms with E-state index >= 15 is 0 Å². The first-order valence-electron chi connectivity index (χ1n) is 14.8. The largest absolute Gasteiger partial charge is 0.192 e. The minimum atomic E-state index is 0.661. The molecule has 0 aromatic heterocycles. The van der Waals surface area contributed by atoms with Crippen molar-refractivity contribution >= 4 is 0 Å². The van der Waals surface area contributed by atoms with Crippen molar-refractivity contribution in [3.63, 3.8) is 0 Å². The minimum absolute atomic E-state index is 0.661. The zero-order chi connectivity index (χ0) is 29.7. The lowest BCUT2D eigenvalue weighted by atomic mass is 9.92. The number of rotatable bonds is 6. The van der Waals surface area contributed by atoms with Crippen molar-refractivity contribution in [1.29, 1.82) is 5.26 Å². The highest BCUT2D eigenvalue weighted by Gasteiger charge is 2.11. The standard InChI is InChI=1S/C43H29N/c44-30-42-29-40(38-20-9-19-37(27-38)35-17-7-15-33(25-35)31-11-3-1-4-12-31)23-24-43(42)41-22-10-21-39(28-41)36-18-8-16-34(26-36)32-13-5-2-6-14-32/h1-29H. The molecule has 1 nitrogen and oxygen atoms in total. The van der Waals surface area contributed by atoms with Gasteiger partial charge in [-0.2, -0.15) is 5.26 Å². The third-order valence-corrected chi connectivity index (χ3v) is 8.12. The quantitative estimate of drug-likeness (QED) is 0.199. The summed E-state index contributed by atoms with van der Waals surface area (Å²) in [5, 5.41) is 10.2. The molecular formula is C43H29N. The molecule has 0 N–H and O–H groups in total. The fourth-order valence-corrected chi connectivity index (χ4v) is 5.83. The molecule has 0 atom stereocenters. The molecule has 7 aromatic carbocycles. The van der Waals surface area contributed by atoms with Crippen molar-refractivity contribution in [2.45, 2.75) is 0 Å². The monoisotopic (exact) mass is 559 g/mol. The van der Waals surface area contributed by atoms with Crippen molar-refractivity contribution in [3.05, 3.63) is 181 Å². The molecule has 0 amide bonds. The van der Waals surface area contributed by atoms with Crippen LogP contribution in [-0.2, 0) is 0 Å². The maximum absolute atomic E-state index is 10.2. The SMILES string of the molecule is N#Cc1cc(-c2cccc(-c3cccc(-c4ccccc4)c3)c2)ccc1-c1cccc(-c2cccc(-c3ccccc3)c2)c1. The normalized spacial score (nSPS) is 10.7. The summed E-state index contributed by atoms with van der Waals surface area (Å²) in [6.07, 6.45) is 0. The summed E-state index contributed by atoms with van der Waals surface area (Å²) in [5.41, 5.74) is 14.1. The van der Waals surface area contributed by atoms with E-state index < -0.39 is 0 Å². The second-order valence-electron chi connectivity index (χ2n) is 10.9. The van der Waals surface area contributed by atoms with E-state index in [1.54, 1.807) is 0 Å². The van der Waals surface area contributed by atoms with Crippen LogP contribution >= 0.6 is 0 Å². The predicted octanol–water partition coefficient (Wildman–Crippen LogP) is 11.6. The maximum Gasteiger partial charge on any atom is 0.0998 e. The lowest BCUT2D eigenvalue weighted by molar-refractivity contribution is 1.47. The van der Waals surface area contributed by atoms with Crippen LogP contribution in [0.1, 0.15) is 5.56 Å². The Morgan fingerprint density at radius 2 is 0.591 bits per heavy atom. The fourth-order valence-electron chi connectivity index (χ4n) is 5.83. The van der Waals surface area contributed by atoms with Gasteiger partial charge in [-0.3, -0.25) is 0 Å². The lowest BCUT2D eigenvalue weighted by Gasteiger charge is -2.12. The number of nitrogens with zero attached hydrogens (tertiary/aromatic N) is 1. The van der Waals surface area contributed by atoms with Gasteiger partial charge in [-0.25, -0.2) is 0 Å². The Morgan fingerprint density at radius 3 is 1.00 bits per heavy atom. The first-order chi connectivity index (χ1) is 21.7. The van der Waals surface area contributed by atoms with E-state index in [-0.39, 0.29) is 0 Å². The van der Waals surface area contributed by atoms with E-state index in [0.717, 1.165) is 38.9 Å². The van der Waals surface area contributed by atoms with Crippen molar-refractivity contribution in [3.8, 4) is 72.8 Å². The molecule has 0 heterocycles. The van der Waals surface area contributed by atoms with Gasteiger partial charge in [0.05, 0.1) is 11.6 Å². The zero-order valence-corrected chi connectivity index (χ0v) is 24.2. The molecule has 0 unspecified atom stereocenters. The molecule has 0 aliphatic carbocycles. The fraction of sp³-hybridized carbons (Fsp3) is 0. The van der Waals surface area contributed by atoms with Gasteiger partial charge in [0, 0.05) is 0 Å². The van der Waals surface area contributed by atoms with Crippen LogP contribution < -0.4 is 0 Å². The van der Waals surface area contributed by atoms with E-state index in [9.17, 15) is 5.26 Å². The Hall–Kier alpha value is -5.97. The summed E-state index contributed by atoms with van der Waals surface area (Å²) in [5.74, 6) is 0. The molecule has 0 aliphatic heterocycles. The van der Waals surface area contributed by atoms with Gasteiger partial charge in [0.1, 0.15) is 0 Å². The second kappa shape index (κ2) is 12.1. The van der Waals surface area contributed by atoms with Crippen molar-refractivity contribution < 1.29 is 0 Å². The molecule has 1 heteroatoms. The summed E-state index contributed by atoms with van der Waals surface area (Å²) in [6.45, 7) is 0. The Labute approximate surface area is 259 Å². The summed E-state index contributed by atoms with van der Waals surface area (Å²) in [6, 6.07) is 63.8. The highest BCUT2D eigenvalue weighted by molar-refractivity contribution is 5.82. The molecule has 44 heavy (non-hydrogen) atoms. The number of hydrogen-bond acceptors (Lipinski definition) is 1. The molecule has 0 bridgehead atoms. The molecule has 0 radical (unpaired) electrons. The number of nitriles is 1. The predicted molar refractivity (Wildman–Crippen MR) is 184 cm³/mol. The number of hydrogen-bond donors (Lipinski definition) is 0. The highest BCUT2D eigenvalue weighted by atomic mass is 14.3. The Balaban J connectivity index is 1.20. The Morgan fingerprint density at radius 1 is 0.273 bits per heavy atom. The van der Waals surface area contributed by atoms with Gasteiger partial charge in [0.2, 0.25) is 0 Å². The molecule has 0 aliphatic rings. The average molecular weight is 560 g/mol. The van der Waals surface area contributed by atoms with Gasteiger partial charge in [-0.05, 0) is 97.1 Å². The maximum atomic E-state index is 10.2. The van der Waals surface area contributed by atoms with E-state index in [1.807, 2.05) is 18.2 Å². The Bertz CT molecular complexity index is 2120. The van der Waals surface area contributed by atoms with Crippen LogP contribution in [0.5, 0.6) is 0 Å². The summed E-state index contributed by atoms with van der Waals surface area (Å²) < 4.78 is 0. The summed E-state index contributed by atoms with van der Waals surface area (Å²) in [7, 11) is 0. The van der Waals surface area contributed by atoms with Crippen LogP contribution in [0, 0.1) is 11.3 Å². The van der Waals surface area contributed by atoms with Crippen LogP contribution in [0.3, 0.4) is 0 Å². The molecule has 7 rings (SSSR count). The topological polar surface area (TPSA) is 23.8 Å². The van der Waals surface area contributed by atoms with Gasteiger partial charge in [-0.15, -0.1) is 0 Å². The number of benzene rings is 7. The lowest BCUT2D eigenvalue weighted by Crippen LogP contribution is -1.89. The van der Waals surface area contributed by atoms with Gasteiger partial charge in [0.25, 0.3) is 0 Å². The van der Waals surface area contributed by atoms with Gasteiger partial charge < -0.3 is 0 Å². The van der Waals surface area contributed by atoms with E-state index in [1.165, 1.54) is 27.8 Å². The van der Waals surface area contributed by atoms with E-state index in [2.05, 4.69) is 164 Å². The van der Waals surface area contributed by atoms with E-state index in [4.69, 9.17) is 0 Å². The Kier molecular flexibility index (Phi) is 7.40. The first kappa shape index (κ1) is 26.9. The smallest absolute Gasteiger partial charge is 0.0998 e. The molecule has 206 valence electrons. The molecular weight excluding hydrogens is 530 g/mol. The van der Waals surface area contributed by atoms with Crippen LogP contribution in [0.2, 0.25) is 0 Å². The van der Waals surface area contributed by atoms with Gasteiger partial charge >= 0.3 is 0 Å². The van der Waals surface area contributed by atoms with Crippen LogP contribution in [0.4, 0.5) is 0 Å². The average Bonchev–Trinajstić information content (AvgIpc) is 3.12. The molecule has 0 saturated heterocycles. The van der Waals surface area contributed by atoms with Gasteiger partial charge in [-0.1, -0.05) is 146 Å². The summed E-state index contributed by atoms with van der Waals surface area (Å²) >= 11 is 0. The van der Waals surface area contributed by atoms with Crippen LogP contribution in [-0.4, -0.2) is 0 Å². The van der Waals surface area contributed by atoms with Crippen LogP contribution in [0.15, 0.2) is 176 Å². The van der Waals surface area contributed by atoms with Gasteiger partial charge in [0.15, 0.2) is 0 Å². The highest BCUT2D eigenvalue weighted by Crippen LogP contribution is 2.34. The third kappa shape index (κ3) is 5.58. The van der Waals surface area contributed by atoms with Crippen molar-refractivity contribution in [2.24, 2.45) is 0 Å². The minimum Gasteiger partial charge on any atom is -0.192 e. The van der Waals surface area contributed by atoms with Crippen molar-refractivity contribution in [1.82, 2.24) is 0 Å². The van der Waals surface area contributed by atoms with Crippen molar-refractivity contribution in [2.75, 3.05) is 0 Å². The molecule has 7 aromatic rings. The second-order valence-corrected chi connectivity index (χ2v) is 10.9. The zero-order valence-electron chi connectivity index (χ0n) is 24.2. The third-order valence-electron chi connectivity index (χ3n) is 8.12. The van der Waals surface area contributed by atoms with E-state index in [0.29, 0.717) is 5.56 Å².